The average Bonchev–Trinajstić information content (AvgIpc) is 3.27. The molecule has 4 rings (SSSR count). The van der Waals surface area contributed by atoms with E-state index in [9.17, 15) is 4.79 Å². The van der Waals surface area contributed by atoms with Crippen LogP contribution in [0.4, 0.5) is 17.1 Å². The van der Waals surface area contributed by atoms with Crippen molar-refractivity contribution < 1.29 is 4.79 Å². The van der Waals surface area contributed by atoms with Gasteiger partial charge in [0.05, 0.1) is 17.6 Å². The number of hydrogen-bond acceptors (Lipinski definition) is 3. The second-order valence-electron chi connectivity index (χ2n) is 6.63. The Morgan fingerprint density at radius 3 is 2.69 bits per heavy atom. The fourth-order valence-corrected chi connectivity index (χ4v) is 3.42. The van der Waals surface area contributed by atoms with E-state index in [2.05, 4.69) is 45.6 Å². The first-order chi connectivity index (χ1) is 12.7. The smallest absolute Gasteiger partial charge is 0.226 e. The van der Waals surface area contributed by atoms with Gasteiger partial charge >= 0.3 is 0 Å². The molecule has 0 saturated heterocycles. The molecule has 1 N–H and O–H groups in total. The standard InChI is InChI=1S/C21H22N4O/c1-16-14-22-24(15-16)12-11-21(26)23-18-7-3-5-9-20(18)25-13-10-17-6-2-4-8-19(17)25/h2-9,14-15H,10-13H2,1H3,(H,23,26). The zero-order chi connectivity index (χ0) is 17.9. The van der Waals surface area contributed by atoms with Gasteiger partial charge in [0.25, 0.3) is 0 Å². The van der Waals surface area contributed by atoms with Gasteiger partial charge in [0.2, 0.25) is 5.91 Å². The maximum absolute atomic E-state index is 12.4. The number of carbonyl (C=O) groups excluding carboxylic acids is 1. The molecular formula is C21H22N4O. The van der Waals surface area contributed by atoms with Crippen LogP contribution in [-0.2, 0) is 17.8 Å². The maximum Gasteiger partial charge on any atom is 0.226 e. The fraction of sp³-hybridized carbons (Fsp3) is 0.238. The SMILES string of the molecule is Cc1cnn(CCC(=O)Nc2ccccc2N2CCc3ccccc32)c1. The molecule has 132 valence electrons. The van der Waals surface area contributed by atoms with Gasteiger partial charge in [-0.15, -0.1) is 0 Å². The highest BCUT2D eigenvalue weighted by atomic mass is 16.1. The number of para-hydroxylation sites is 3. The Morgan fingerprint density at radius 2 is 1.88 bits per heavy atom. The number of anilines is 3. The number of aromatic nitrogens is 2. The lowest BCUT2D eigenvalue weighted by Crippen LogP contribution is -2.19. The normalized spacial score (nSPS) is 12.9. The first kappa shape index (κ1) is 16.4. The van der Waals surface area contributed by atoms with Gasteiger partial charge in [0.1, 0.15) is 0 Å². The molecule has 0 bridgehead atoms. The summed E-state index contributed by atoms with van der Waals surface area (Å²) in [5, 5.41) is 7.30. The summed E-state index contributed by atoms with van der Waals surface area (Å²) >= 11 is 0. The highest BCUT2D eigenvalue weighted by Crippen LogP contribution is 2.38. The van der Waals surface area contributed by atoms with Crippen molar-refractivity contribution in [1.82, 2.24) is 9.78 Å². The Balaban J connectivity index is 1.49. The Labute approximate surface area is 153 Å². The van der Waals surface area contributed by atoms with Crippen LogP contribution in [0.3, 0.4) is 0 Å². The second kappa shape index (κ2) is 7.04. The van der Waals surface area contributed by atoms with E-state index in [1.807, 2.05) is 31.3 Å². The van der Waals surface area contributed by atoms with Gasteiger partial charge in [-0.1, -0.05) is 30.3 Å². The molecule has 1 aromatic heterocycles. The van der Waals surface area contributed by atoms with Gasteiger partial charge in [0.15, 0.2) is 0 Å². The summed E-state index contributed by atoms with van der Waals surface area (Å²) in [6.45, 7) is 3.50. The molecule has 26 heavy (non-hydrogen) atoms. The highest BCUT2D eigenvalue weighted by Gasteiger charge is 2.22. The number of amides is 1. The van der Waals surface area contributed by atoms with Gasteiger partial charge in [0, 0.05) is 31.4 Å². The minimum absolute atomic E-state index is 0.00177. The molecule has 1 amide bonds. The molecule has 2 heterocycles. The van der Waals surface area contributed by atoms with Crippen molar-refractivity contribution in [2.75, 3.05) is 16.8 Å². The summed E-state index contributed by atoms with van der Waals surface area (Å²) in [5.41, 5.74) is 5.57. The topological polar surface area (TPSA) is 50.2 Å². The number of hydrogen-bond donors (Lipinski definition) is 1. The van der Waals surface area contributed by atoms with Crippen LogP contribution >= 0.6 is 0 Å². The molecule has 0 radical (unpaired) electrons. The third kappa shape index (κ3) is 3.33. The van der Waals surface area contributed by atoms with E-state index >= 15 is 0 Å². The quantitative estimate of drug-likeness (QED) is 0.762. The summed E-state index contributed by atoms with van der Waals surface area (Å²) in [6.07, 6.45) is 5.17. The minimum atomic E-state index is -0.00177. The molecule has 5 heteroatoms. The molecule has 1 aliphatic rings. The third-order valence-corrected chi connectivity index (χ3v) is 4.69. The number of nitrogens with zero attached hydrogens (tertiary/aromatic N) is 3. The Hall–Kier alpha value is -3.08. The van der Waals surface area contributed by atoms with Crippen molar-refractivity contribution in [3.63, 3.8) is 0 Å². The monoisotopic (exact) mass is 346 g/mol. The molecule has 0 atom stereocenters. The summed E-state index contributed by atoms with van der Waals surface area (Å²) in [4.78, 5) is 14.7. The van der Waals surface area contributed by atoms with Crippen molar-refractivity contribution in [3.05, 3.63) is 72.1 Å². The van der Waals surface area contributed by atoms with Gasteiger partial charge in [-0.05, 0) is 42.7 Å². The molecule has 1 aliphatic heterocycles. The van der Waals surface area contributed by atoms with Crippen LogP contribution in [0.5, 0.6) is 0 Å². The van der Waals surface area contributed by atoms with E-state index in [-0.39, 0.29) is 5.91 Å². The van der Waals surface area contributed by atoms with E-state index < -0.39 is 0 Å². The van der Waals surface area contributed by atoms with Crippen LogP contribution < -0.4 is 10.2 Å². The lowest BCUT2D eigenvalue weighted by Gasteiger charge is -2.23. The van der Waals surface area contributed by atoms with Crippen LogP contribution in [-0.4, -0.2) is 22.2 Å². The van der Waals surface area contributed by atoms with Crippen molar-refractivity contribution in [3.8, 4) is 0 Å². The van der Waals surface area contributed by atoms with Crippen molar-refractivity contribution in [2.24, 2.45) is 0 Å². The average molecular weight is 346 g/mol. The Bertz CT molecular complexity index is 931. The molecule has 0 unspecified atom stereocenters. The number of aryl methyl sites for hydroxylation is 2. The van der Waals surface area contributed by atoms with Gasteiger partial charge in [-0.25, -0.2) is 0 Å². The number of fused-ring (bicyclic) bond motifs is 1. The van der Waals surface area contributed by atoms with E-state index in [0.29, 0.717) is 13.0 Å². The van der Waals surface area contributed by atoms with Crippen LogP contribution in [0.1, 0.15) is 17.5 Å². The van der Waals surface area contributed by atoms with E-state index in [1.165, 1.54) is 11.3 Å². The third-order valence-electron chi connectivity index (χ3n) is 4.69. The lowest BCUT2D eigenvalue weighted by molar-refractivity contribution is -0.116. The summed E-state index contributed by atoms with van der Waals surface area (Å²) < 4.78 is 1.80. The van der Waals surface area contributed by atoms with E-state index in [4.69, 9.17) is 0 Å². The minimum Gasteiger partial charge on any atom is -0.339 e. The van der Waals surface area contributed by atoms with Gasteiger partial charge in [-0.3, -0.25) is 9.48 Å². The molecule has 5 nitrogen and oxygen atoms in total. The zero-order valence-corrected chi connectivity index (χ0v) is 14.9. The zero-order valence-electron chi connectivity index (χ0n) is 14.9. The maximum atomic E-state index is 12.4. The summed E-state index contributed by atoms with van der Waals surface area (Å²) in [7, 11) is 0. The van der Waals surface area contributed by atoms with Gasteiger partial charge in [-0.2, -0.15) is 5.10 Å². The number of nitrogens with one attached hydrogen (secondary N) is 1. The number of benzene rings is 2. The van der Waals surface area contributed by atoms with Crippen molar-refractivity contribution >= 4 is 23.0 Å². The predicted octanol–water partition coefficient (Wildman–Crippen LogP) is 3.91. The van der Waals surface area contributed by atoms with Crippen LogP contribution in [0.2, 0.25) is 0 Å². The largest absolute Gasteiger partial charge is 0.339 e. The molecule has 0 spiro atoms. The first-order valence-corrected chi connectivity index (χ1v) is 8.94. The highest BCUT2D eigenvalue weighted by molar-refractivity contribution is 5.95. The molecule has 0 aliphatic carbocycles. The Kier molecular flexibility index (Phi) is 4.44. The molecule has 3 aromatic rings. The molecule has 2 aromatic carbocycles. The predicted molar refractivity (Wildman–Crippen MR) is 104 cm³/mol. The van der Waals surface area contributed by atoms with Crippen molar-refractivity contribution in [1.29, 1.82) is 0 Å². The van der Waals surface area contributed by atoms with E-state index in [1.54, 1.807) is 10.9 Å². The summed E-state index contributed by atoms with van der Waals surface area (Å²) in [6, 6.07) is 16.4. The van der Waals surface area contributed by atoms with Crippen LogP contribution in [0, 0.1) is 6.92 Å². The van der Waals surface area contributed by atoms with Crippen LogP contribution in [0.15, 0.2) is 60.9 Å². The lowest BCUT2D eigenvalue weighted by atomic mass is 10.1. The molecule has 0 fully saturated rings. The van der Waals surface area contributed by atoms with Gasteiger partial charge < -0.3 is 10.2 Å². The second-order valence-corrected chi connectivity index (χ2v) is 6.63. The molecule has 0 saturated carbocycles. The Morgan fingerprint density at radius 1 is 1.12 bits per heavy atom. The fourth-order valence-electron chi connectivity index (χ4n) is 3.42. The first-order valence-electron chi connectivity index (χ1n) is 8.94. The van der Waals surface area contributed by atoms with E-state index in [0.717, 1.165) is 29.9 Å². The number of rotatable bonds is 5. The van der Waals surface area contributed by atoms with Crippen LogP contribution in [0.25, 0.3) is 0 Å². The number of carbonyl (C=O) groups is 1. The van der Waals surface area contributed by atoms with Crippen molar-refractivity contribution in [2.45, 2.75) is 26.3 Å². The summed E-state index contributed by atoms with van der Waals surface area (Å²) in [5.74, 6) is -0.00177. The molecular weight excluding hydrogens is 324 g/mol.